The van der Waals surface area contributed by atoms with Crippen molar-refractivity contribution in [2.75, 3.05) is 6.61 Å². The lowest BCUT2D eigenvalue weighted by Gasteiger charge is -2.17. The van der Waals surface area contributed by atoms with Crippen LogP contribution in [0.4, 0.5) is 13.2 Å². The van der Waals surface area contributed by atoms with Gasteiger partial charge in [0.2, 0.25) is 0 Å². The van der Waals surface area contributed by atoms with Gasteiger partial charge < -0.3 is 5.11 Å². The molecule has 0 aromatic heterocycles. The molecule has 1 rings (SSSR count). The number of hydrogen-bond donors (Lipinski definition) is 1. The highest BCUT2D eigenvalue weighted by atomic mass is 19.3. The minimum atomic E-state index is -3.16. The first-order valence-electron chi connectivity index (χ1n) is 5.23. The molecule has 1 nitrogen and oxygen atoms in total. The Bertz CT molecular complexity index is 350. The van der Waals surface area contributed by atoms with Crippen molar-refractivity contribution in [1.82, 2.24) is 0 Å². The number of rotatable bonds is 5. The van der Waals surface area contributed by atoms with Gasteiger partial charge in [-0.2, -0.15) is 0 Å². The van der Waals surface area contributed by atoms with Gasteiger partial charge in [0.05, 0.1) is 5.56 Å². The van der Waals surface area contributed by atoms with Crippen LogP contribution in [-0.2, 0) is 5.92 Å². The fourth-order valence-corrected chi connectivity index (χ4v) is 1.52. The zero-order valence-corrected chi connectivity index (χ0v) is 9.14. The van der Waals surface area contributed by atoms with Crippen molar-refractivity contribution in [2.45, 2.75) is 32.1 Å². The average molecular weight is 232 g/mol. The van der Waals surface area contributed by atoms with Crippen LogP contribution in [0.15, 0.2) is 18.2 Å². The lowest BCUT2D eigenvalue weighted by Crippen LogP contribution is -2.16. The smallest absolute Gasteiger partial charge is 0.276 e. The molecule has 1 aromatic carbocycles. The number of aryl methyl sites for hydroxylation is 1. The van der Waals surface area contributed by atoms with E-state index in [1.54, 1.807) is 0 Å². The summed E-state index contributed by atoms with van der Waals surface area (Å²) in [6.07, 6.45) is 0.0494. The number of benzene rings is 1. The molecule has 4 heteroatoms. The number of hydrogen-bond acceptors (Lipinski definition) is 1. The van der Waals surface area contributed by atoms with E-state index in [1.165, 1.54) is 19.1 Å². The van der Waals surface area contributed by atoms with Crippen LogP contribution in [-0.4, -0.2) is 11.7 Å². The molecule has 1 N–H and O–H groups in total. The van der Waals surface area contributed by atoms with E-state index in [4.69, 9.17) is 5.11 Å². The molecule has 0 saturated carbocycles. The molecule has 0 aliphatic heterocycles. The molecule has 0 aliphatic rings. The topological polar surface area (TPSA) is 20.2 Å². The number of alkyl halides is 2. The van der Waals surface area contributed by atoms with Gasteiger partial charge in [0, 0.05) is 13.0 Å². The van der Waals surface area contributed by atoms with Gasteiger partial charge in [-0.15, -0.1) is 0 Å². The zero-order chi connectivity index (χ0) is 12.2. The largest absolute Gasteiger partial charge is 0.396 e. The highest BCUT2D eigenvalue weighted by molar-refractivity contribution is 5.28. The summed E-state index contributed by atoms with van der Waals surface area (Å²) in [5.41, 5.74) is -0.329. The summed E-state index contributed by atoms with van der Waals surface area (Å²) in [4.78, 5) is 0. The van der Waals surface area contributed by atoms with Crippen molar-refractivity contribution in [1.29, 1.82) is 0 Å². The third kappa shape index (κ3) is 2.98. The van der Waals surface area contributed by atoms with Crippen LogP contribution < -0.4 is 0 Å². The minimum Gasteiger partial charge on any atom is -0.396 e. The molecule has 0 unspecified atom stereocenters. The monoisotopic (exact) mass is 232 g/mol. The molecule has 0 saturated heterocycles. The maximum Gasteiger partial charge on any atom is 0.276 e. The Hall–Kier alpha value is -1.03. The lowest BCUT2D eigenvalue weighted by molar-refractivity contribution is -0.0199. The van der Waals surface area contributed by atoms with E-state index in [1.807, 2.05) is 0 Å². The van der Waals surface area contributed by atoms with Crippen LogP contribution in [0.3, 0.4) is 0 Å². The van der Waals surface area contributed by atoms with Crippen molar-refractivity contribution < 1.29 is 18.3 Å². The molecule has 0 bridgehead atoms. The van der Waals surface area contributed by atoms with E-state index in [0.717, 1.165) is 6.07 Å². The van der Waals surface area contributed by atoms with Gasteiger partial charge in [-0.25, -0.2) is 13.2 Å². The van der Waals surface area contributed by atoms with Crippen LogP contribution in [0.25, 0.3) is 0 Å². The van der Waals surface area contributed by atoms with Crippen LogP contribution in [0.5, 0.6) is 0 Å². The summed E-state index contributed by atoms with van der Waals surface area (Å²) >= 11 is 0. The molecule has 0 atom stereocenters. The number of unbranched alkanes of at least 4 members (excludes halogenated alkanes) is 1. The highest BCUT2D eigenvalue weighted by Gasteiger charge is 2.33. The van der Waals surface area contributed by atoms with Crippen molar-refractivity contribution in [3.8, 4) is 0 Å². The van der Waals surface area contributed by atoms with E-state index in [2.05, 4.69) is 0 Å². The second-order valence-corrected chi connectivity index (χ2v) is 3.82. The normalized spacial score (nSPS) is 11.8. The number of aliphatic hydroxyl groups is 1. The van der Waals surface area contributed by atoms with Gasteiger partial charge >= 0.3 is 0 Å². The quantitative estimate of drug-likeness (QED) is 0.771. The molecular formula is C12H15F3O. The van der Waals surface area contributed by atoms with E-state index in [9.17, 15) is 13.2 Å². The fraction of sp³-hybridized carbons (Fsp3) is 0.500. The number of aliphatic hydroxyl groups excluding tert-OH is 1. The minimum absolute atomic E-state index is 0.119. The van der Waals surface area contributed by atoms with Gasteiger partial charge in [0.15, 0.2) is 0 Å². The molecule has 16 heavy (non-hydrogen) atoms. The van der Waals surface area contributed by atoms with Crippen LogP contribution in [0.2, 0.25) is 0 Å². The van der Waals surface area contributed by atoms with Crippen molar-refractivity contribution >= 4 is 0 Å². The van der Waals surface area contributed by atoms with E-state index in [0.29, 0.717) is 6.42 Å². The molecule has 0 spiro atoms. The van der Waals surface area contributed by atoms with Gasteiger partial charge in [-0.1, -0.05) is 18.2 Å². The second kappa shape index (κ2) is 5.34. The Morgan fingerprint density at radius 2 is 1.94 bits per heavy atom. The standard InChI is InChI=1S/C12H15F3O/c1-9-5-4-6-10(11(9)13)12(14,15)7-2-3-8-16/h4-6,16H,2-3,7-8H2,1H3. The maximum atomic E-state index is 13.6. The first-order chi connectivity index (χ1) is 7.49. The van der Waals surface area contributed by atoms with Crippen LogP contribution in [0.1, 0.15) is 30.4 Å². The van der Waals surface area contributed by atoms with E-state index < -0.39 is 23.7 Å². The summed E-state index contributed by atoms with van der Waals surface area (Å²) in [6, 6.07) is 4.00. The molecule has 0 amide bonds. The summed E-state index contributed by atoms with van der Waals surface area (Å²) in [6.45, 7) is 1.34. The first-order valence-corrected chi connectivity index (χ1v) is 5.23. The van der Waals surface area contributed by atoms with E-state index >= 15 is 0 Å². The van der Waals surface area contributed by atoms with Crippen LogP contribution in [0, 0.1) is 12.7 Å². The van der Waals surface area contributed by atoms with Crippen LogP contribution >= 0.6 is 0 Å². The Labute approximate surface area is 92.9 Å². The van der Waals surface area contributed by atoms with Crippen molar-refractivity contribution in [2.24, 2.45) is 0 Å². The third-order valence-electron chi connectivity index (χ3n) is 2.48. The molecule has 0 heterocycles. The van der Waals surface area contributed by atoms with Gasteiger partial charge in [-0.05, 0) is 25.3 Å². The fourth-order valence-electron chi connectivity index (χ4n) is 1.52. The van der Waals surface area contributed by atoms with Gasteiger partial charge in [-0.3, -0.25) is 0 Å². The summed E-state index contributed by atoms with van der Waals surface area (Å²) in [5.74, 6) is -4.00. The third-order valence-corrected chi connectivity index (χ3v) is 2.48. The molecule has 0 radical (unpaired) electrons. The molecule has 1 aromatic rings. The molecule has 90 valence electrons. The maximum absolute atomic E-state index is 13.6. The Balaban J connectivity index is 2.84. The SMILES string of the molecule is Cc1cccc(C(F)(F)CCCCO)c1F. The summed E-state index contributed by atoms with van der Waals surface area (Å²) < 4.78 is 40.7. The molecule has 0 aliphatic carbocycles. The summed E-state index contributed by atoms with van der Waals surface area (Å²) in [5, 5.41) is 8.51. The average Bonchev–Trinajstić information content (AvgIpc) is 2.22. The van der Waals surface area contributed by atoms with Gasteiger partial charge in [0.25, 0.3) is 5.92 Å². The van der Waals surface area contributed by atoms with E-state index in [-0.39, 0.29) is 18.6 Å². The molecular weight excluding hydrogens is 217 g/mol. The Kier molecular flexibility index (Phi) is 4.35. The Morgan fingerprint density at radius 3 is 2.56 bits per heavy atom. The summed E-state index contributed by atoms with van der Waals surface area (Å²) in [7, 11) is 0. The molecule has 0 fully saturated rings. The Morgan fingerprint density at radius 1 is 1.25 bits per heavy atom. The van der Waals surface area contributed by atoms with Crippen molar-refractivity contribution in [3.05, 3.63) is 35.1 Å². The van der Waals surface area contributed by atoms with Gasteiger partial charge in [0.1, 0.15) is 5.82 Å². The highest BCUT2D eigenvalue weighted by Crippen LogP contribution is 2.35. The lowest BCUT2D eigenvalue weighted by atomic mass is 10.00. The second-order valence-electron chi connectivity index (χ2n) is 3.82. The predicted molar refractivity (Wildman–Crippen MR) is 56.0 cm³/mol. The first kappa shape index (κ1) is 13.0. The predicted octanol–water partition coefficient (Wildman–Crippen LogP) is 3.39. The zero-order valence-electron chi connectivity index (χ0n) is 9.14. The van der Waals surface area contributed by atoms with Crippen molar-refractivity contribution in [3.63, 3.8) is 0 Å². The number of halogens is 3.